The Kier molecular flexibility index (Phi) is 8.86. The number of nitrogens with zero attached hydrogens (tertiary/aromatic N) is 4. The molecule has 272 valence electrons. The van der Waals surface area contributed by atoms with Crippen LogP contribution < -0.4 is 19.7 Å². The van der Waals surface area contributed by atoms with Crippen LogP contribution in [0.15, 0.2) is 24.3 Å². The smallest absolute Gasteiger partial charge is 0.319 e. The van der Waals surface area contributed by atoms with Crippen molar-refractivity contribution in [1.82, 2.24) is 20.2 Å². The van der Waals surface area contributed by atoms with Gasteiger partial charge in [-0.3, -0.25) is 9.69 Å². The van der Waals surface area contributed by atoms with Gasteiger partial charge in [0.2, 0.25) is 0 Å². The molecule has 2 unspecified atom stereocenters. The van der Waals surface area contributed by atoms with Crippen LogP contribution in [-0.4, -0.2) is 91.1 Å². The number of benzene rings is 3. The molecule has 8 rings (SSSR count). The average Bonchev–Trinajstić information content (AvgIpc) is 3.77. The molecule has 4 atom stereocenters. The zero-order chi connectivity index (χ0) is 36.3. The van der Waals surface area contributed by atoms with Crippen LogP contribution in [0.2, 0.25) is 0 Å². The first-order chi connectivity index (χ1) is 25.1. The van der Waals surface area contributed by atoms with E-state index in [1.807, 2.05) is 4.90 Å². The van der Waals surface area contributed by atoms with Crippen molar-refractivity contribution in [3.05, 3.63) is 52.8 Å². The van der Waals surface area contributed by atoms with E-state index in [4.69, 9.17) is 25.6 Å². The number of terminal acetylenes is 1. The number of esters is 1. The van der Waals surface area contributed by atoms with E-state index in [0.717, 1.165) is 32.2 Å². The lowest BCUT2D eigenvalue weighted by Crippen LogP contribution is -2.51. The Morgan fingerprint density at radius 2 is 1.88 bits per heavy atom. The lowest BCUT2D eigenvalue weighted by atomic mass is 9.90. The first kappa shape index (κ1) is 34.4. The molecule has 4 aromatic rings. The fourth-order valence-corrected chi connectivity index (χ4v) is 8.90. The van der Waals surface area contributed by atoms with Crippen molar-refractivity contribution in [2.24, 2.45) is 0 Å². The molecule has 4 aliphatic heterocycles. The van der Waals surface area contributed by atoms with Gasteiger partial charge < -0.3 is 24.4 Å². The van der Waals surface area contributed by atoms with Gasteiger partial charge in [0.25, 0.3) is 0 Å². The van der Waals surface area contributed by atoms with Crippen molar-refractivity contribution in [2.75, 3.05) is 51.4 Å². The molecular formula is C39H39F4N5O4. The largest absolute Gasteiger partial charge is 0.493 e. The highest BCUT2D eigenvalue weighted by atomic mass is 19.1. The molecule has 4 aliphatic rings. The lowest BCUT2D eigenvalue weighted by Gasteiger charge is -2.35. The van der Waals surface area contributed by atoms with Crippen molar-refractivity contribution in [2.45, 2.75) is 69.2 Å². The van der Waals surface area contributed by atoms with E-state index in [2.05, 4.69) is 21.1 Å². The fraction of sp³-hybridized carbons (Fsp3) is 0.462. The summed E-state index contributed by atoms with van der Waals surface area (Å²) in [5.74, 6) is -1.13. The highest BCUT2D eigenvalue weighted by Gasteiger charge is 2.49. The van der Waals surface area contributed by atoms with E-state index in [-0.39, 0.29) is 76.7 Å². The second kappa shape index (κ2) is 13.4. The summed E-state index contributed by atoms with van der Waals surface area (Å²) in [5, 5.41) is 4.05. The zero-order valence-corrected chi connectivity index (χ0v) is 29.0. The third-order valence-electron chi connectivity index (χ3n) is 11.1. The van der Waals surface area contributed by atoms with Crippen LogP contribution >= 0.6 is 0 Å². The van der Waals surface area contributed by atoms with Crippen molar-refractivity contribution >= 4 is 33.5 Å². The van der Waals surface area contributed by atoms with Crippen molar-refractivity contribution in [1.29, 1.82) is 0 Å². The number of aromatic nitrogens is 2. The van der Waals surface area contributed by atoms with Gasteiger partial charge in [-0.1, -0.05) is 18.1 Å². The van der Waals surface area contributed by atoms with Crippen LogP contribution in [0.4, 0.5) is 23.4 Å². The summed E-state index contributed by atoms with van der Waals surface area (Å²) in [5.41, 5.74) is -1.25. The number of anilines is 1. The predicted octanol–water partition coefficient (Wildman–Crippen LogP) is 5.86. The van der Waals surface area contributed by atoms with Crippen LogP contribution in [0.5, 0.6) is 11.8 Å². The molecule has 0 spiro atoms. The maximum absolute atomic E-state index is 17.4. The molecule has 0 radical (unpaired) electrons. The molecule has 4 saturated heterocycles. The molecule has 5 heterocycles. The predicted molar refractivity (Wildman–Crippen MR) is 188 cm³/mol. The molecule has 13 heteroatoms. The van der Waals surface area contributed by atoms with E-state index < -0.39 is 40.7 Å². The highest BCUT2D eigenvalue weighted by molar-refractivity contribution is 6.06. The lowest BCUT2D eigenvalue weighted by molar-refractivity contribution is -0.142. The number of rotatable bonds is 9. The van der Waals surface area contributed by atoms with E-state index >= 15 is 13.2 Å². The minimum atomic E-state index is -1.06. The Bertz CT molecular complexity index is 2130. The number of hydrogen-bond donors (Lipinski definition) is 1. The summed E-state index contributed by atoms with van der Waals surface area (Å²) in [6.45, 7) is 4.07. The van der Waals surface area contributed by atoms with Gasteiger partial charge in [-0.2, -0.15) is 9.97 Å². The third kappa shape index (κ3) is 5.76. The first-order valence-electron chi connectivity index (χ1n) is 17.8. The van der Waals surface area contributed by atoms with Crippen LogP contribution in [0.3, 0.4) is 0 Å². The maximum atomic E-state index is 17.4. The molecule has 9 nitrogen and oxygen atoms in total. The Morgan fingerprint density at radius 3 is 2.62 bits per heavy atom. The van der Waals surface area contributed by atoms with Crippen LogP contribution in [0.1, 0.15) is 50.2 Å². The van der Waals surface area contributed by atoms with E-state index in [0.29, 0.717) is 37.0 Å². The normalized spacial score (nSPS) is 24.0. The minimum absolute atomic E-state index is 0.0237. The summed E-state index contributed by atoms with van der Waals surface area (Å²) in [4.78, 5) is 25.9. The Labute approximate surface area is 298 Å². The number of ether oxygens (including phenoxy) is 3. The van der Waals surface area contributed by atoms with Crippen LogP contribution in [0.25, 0.3) is 32.8 Å². The second-order valence-electron chi connectivity index (χ2n) is 14.3. The number of halogens is 4. The quantitative estimate of drug-likeness (QED) is 0.130. The number of piperazine rings is 1. The molecule has 2 bridgehead atoms. The van der Waals surface area contributed by atoms with E-state index in [1.165, 1.54) is 25.3 Å². The summed E-state index contributed by atoms with van der Waals surface area (Å²) >= 11 is 0. The SMILES string of the molecule is C#Cc1c(F)ccc2cc(CC(=O)OCC)cc(-c3c(F)c(OC)c4c(N5CC6CCC(C5)N6)nc(OC[C@@]56CCCN5C[C@H](F)C6)nc4c3F)c12. The number of methoxy groups -OCH3 is 1. The molecule has 52 heavy (non-hydrogen) atoms. The third-order valence-corrected chi connectivity index (χ3v) is 11.1. The minimum Gasteiger partial charge on any atom is -0.493 e. The Hall–Kier alpha value is -4.67. The summed E-state index contributed by atoms with van der Waals surface area (Å²) < 4.78 is 81.5. The molecular weight excluding hydrogens is 678 g/mol. The molecule has 3 aromatic carbocycles. The van der Waals surface area contributed by atoms with Gasteiger partial charge in [0.15, 0.2) is 17.4 Å². The number of carbonyl (C=O) groups excluding carboxylic acids is 1. The topological polar surface area (TPSA) is 89.0 Å². The molecule has 0 aliphatic carbocycles. The first-order valence-corrected chi connectivity index (χ1v) is 17.8. The molecule has 1 N–H and O–H groups in total. The summed E-state index contributed by atoms with van der Waals surface area (Å²) in [6.07, 6.45) is 8.45. The second-order valence-corrected chi connectivity index (χ2v) is 14.3. The van der Waals surface area contributed by atoms with Gasteiger partial charge in [-0.15, -0.1) is 6.42 Å². The van der Waals surface area contributed by atoms with Gasteiger partial charge in [-0.25, -0.2) is 17.6 Å². The number of nitrogens with one attached hydrogen (secondary N) is 1. The number of fused-ring (bicyclic) bond motifs is 5. The highest BCUT2D eigenvalue weighted by Crippen LogP contribution is 2.47. The average molecular weight is 718 g/mol. The van der Waals surface area contributed by atoms with Gasteiger partial charge >= 0.3 is 12.0 Å². The molecule has 0 amide bonds. The van der Waals surface area contributed by atoms with Crippen molar-refractivity contribution in [3.8, 4) is 35.2 Å². The number of alkyl halides is 1. The fourth-order valence-electron chi connectivity index (χ4n) is 8.90. The Morgan fingerprint density at radius 1 is 1.10 bits per heavy atom. The van der Waals surface area contributed by atoms with E-state index in [9.17, 15) is 9.18 Å². The molecule has 4 fully saturated rings. The molecule has 0 saturated carbocycles. The number of carbonyl (C=O) groups is 1. The zero-order valence-electron chi connectivity index (χ0n) is 29.0. The van der Waals surface area contributed by atoms with Gasteiger partial charge in [0.05, 0.1) is 42.2 Å². The summed E-state index contributed by atoms with van der Waals surface area (Å²) in [7, 11) is 1.28. The van der Waals surface area contributed by atoms with Crippen molar-refractivity contribution in [3.63, 3.8) is 0 Å². The van der Waals surface area contributed by atoms with Crippen LogP contribution in [-0.2, 0) is 16.0 Å². The monoisotopic (exact) mass is 717 g/mol. The van der Waals surface area contributed by atoms with Gasteiger partial charge in [0.1, 0.15) is 29.9 Å². The van der Waals surface area contributed by atoms with E-state index in [1.54, 1.807) is 13.0 Å². The number of hydrogen-bond acceptors (Lipinski definition) is 9. The maximum Gasteiger partial charge on any atom is 0.319 e. The van der Waals surface area contributed by atoms with Crippen LogP contribution in [0, 0.1) is 29.8 Å². The summed E-state index contributed by atoms with van der Waals surface area (Å²) in [6, 6.07) is 5.83. The standard InChI is InChI=1S/C39H39F4N5O4/c1-4-26-28(41)10-7-22-13-21(15-29(49)51-5-2)14-27(30(22)26)31-33(42)35-32(36(50-3)34(31)43)37(47-18-24-8-9-25(19-47)44-24)46-38(45-35)52-20-39-11-6-12-48(39)17-23(40)16-39/h1,7,10,13-14,23-25,44H,5-6,8-9,11-12,15-20H2,2-3H3/t23-,24?,25?,39+/m1/s1. The Balaban J connectivity index is 1.35. The van der Waals surface area contributed by atoms with Gasteiger partial charge in [-0.05, 0) is 67.8 Å². The van der Waals surface area contributed by atoms with Crippen molar-refractivity contribution < 1.29 is 36.6 Å². The van der Waals surface area contributed by atoms with Gasteiger partial charge in [0, 0.05) is 43.5 Å². The molecule has 1 aromatic heterocycles.